The Morgan fingerprint density at radius 2 is 2.04 bits per heavy atom. The molecule has 6 heteroatoms. The third kappa shape index (κ3) is 2.33. The fourth-order valence-corrected chi connectivity index (χ4v) is 3.42. The van der Waals surface area contributed by atoms with Gasteiger partial charge in [-0.2, -0.15) is 0 Å². The summed E-state index contributed by atoms with van der Waals surface area (Å²) in [5, 5.41) is 9.55. The maximum absolute atomic E-state index is 11.7. The van der Waals surface area contributed by atoms with E-state index in [1.165, 1.54) is 6.33 Å². The number of aryl methyl sites for hydroxylation is 1. The number of fused-ring (bicyclic) bond motifs is 5. The van der Waals surface area contributed by atoms with Crippen molar-refractivity contribution >= 4 is 5.97 Å². The van der Waals surface area contributed by atoms with Crippen LogP contribution in [0.25, 0.3) is 16.9 Å². The van der Waals surface area contributed by atoms with Crippen molar-refractivity contribution in [1.29, 1.82) is 0 Å². The summed E-state index contributed by atoms with van der Waals surface area (Å²) < 4.78 is 2.14. The molecular weight excluding hydrogens is 316 g/mol. The van der Waals surface area contributed by atoms with Crippen LogP contribution in [0.3, 0.4) is 0 Å². The molecule has 6 nitrogen and oxygen atoms in total. The number of rotatable bonds is 2. The average molecular weight is 334 g/mol. The highest BCUT2D eigenvalue weighted by Gasteiger charge is 2.27. The molecule has 1 aromatic carbocycles. The SMILES string of the molecule is Cc1ccc2c(c1)-n1c(cnc1C(C)C)Cc1c(C(=O)O)ncnc1-2. The number of carbonyl (C=O) groups is 1. The molecule has 25 heavy (non-hydrogen) atoms. The van der Waals surface area contributed by atoms with Crippen LogP contribution in [0, 0.1) is 6.92 Å². The van der Waals surface area contributed by atoms with Crippen LogP contribution in [0.15, 0.2) is 30.7 Å². The summed E-state index contributed by atoms with van der Waals surface area (Å²) in [7, 11) is 0. The lowest BCUT2D eigenvalue weighted by Crippen LogP contribution is -2.09. The predicted molar refractivity (Wildman–Crippen MR) is 93.2 cm³/mol. The quantitative estimate of drug-likeness (QED) is 0.608. The first-order chi connectivity index (χ1) is 12.0. The van der Waals surface area contributed by atoms with Crippen molar-refractivity contribution in [2.45, 2.75) is 33.1 Å². The van der Waals surface area contributed by atoms with Gasteiger partial charge >= 0.3 is 5.97 Å². The van der Waals surface area contributed by atoms with Gasteiger partial charge in [-0.3, -0.25) is 4.57 Å². The Morgan fingerprint density at radius 3 is 2.76 bits per heavy atom. The van der Waals surface area contributed by atoms with E-state index in [0.29, 0.717) is 17.7 Å². The second kappa shape index (κ2) is 5.51. The van der Waals surface area contributed by atoms with E-state index in [2.05, 4.69) is 39.4 Å². The number of aromatic carboxylic acids is 1. The molecule has 0 saturated carbocycles. The fraction of sp³-hybridized carbons (Fsp3) is 0.263. The molecule has 3 aromatic rings. The highest BCUT2D eigenvalue weighted by atomic mass is 16.4. The molecule has 0 saturated heterocycles. The number of hydrogen-bond donors (Lipinski definition) is 1. The van der Waals surface area contributed by atoms with Crippen LogP contribution in [0.5, 0.6) is 0 Å². The van der Waals surface area contributed by atoms with Crippen molar-refractivity contribution in [3.8, 4) is 16.9 Å². The average Bonchev–Trinajstić information content (AvgIpc) is 2.93. The number of benzene rings is 1. The third-order valence-corrected chi connectivity index (χ3v) is 4.53. The van der Waals surface area contributed by atoms with Gasteiger partial charge in [0, 0.05) is 35.4 Å². The van der Waals surface area contributed by atoms with E-state index in [9.17, 15) is 9.90 Å². The predicted octanol–water partition coefficient (Wildman–Crippen LogP) is 3.36. The van der Waals surface area contributed by atoms with Crippen molar-refractivity contribution in [3.05, 3.63) is 59.1 Å². The van der Waals surface area contributed by atoms with E-state index in [1.54, 1.807) is 0 Å². The van der Waals surface area contributed by atoms with Gasteiger partial charge in [-0.1, -0.05) is 26.0 Å². The Kier molecular flexibility index (Phi) is 3.42. The minimum atomic E-state index is -1.04. The molecule has 4 rings (SSSR count). The molecule has 0 amide bonds. The van der Waals surface area contributed by atoms with E-state index in [1.807, 2.05) is 25.3 Å². The standard InChI is InChI=1S/C19H18N4O2/c1-10(2)18-20-8-12-7-14-16(21-9-22-17(14)19(24)25)13-5-4-11(3)6-15(13)23(12)18/h4-6,8-10H,7H2,1-3H3,(H,24,25). The number of carboxylic acids is 1. The Labute approximate surface area is 145 Å². The summed E-state index contributed by atoms with van der Waals surface area (Å²) in [6, 6.07) is 6.12. The monoisotopic (exact) mass is 334 g/mol. The normalized spacial score (nSPS) is 12.3. The van der Waals surface area contributed by atoms with Gasteiger partial charge in [-0.05, 0) is 18.6 Å². The molecule has 0 atom stereocenters. The molecule has 2 aromatic heterocycles. The van der Waals surface area contributed by atoms with Gasteiger partial charge < -0.3 is 5.11 Å². The molecular formula is C19H18N4O2. The summed E-state index contributed by atoms with van der Waals surface area (Å²) >= 11 is 0. The molecule has 0 fully saturated rings. The van der Waals surface area contributed by atoms with Crippen LogP contribution in [0.1, 0.15) is 52.9 Å². The lowest BCUT2D eigenvalue weighted by atomic mass is 10.00. The van der Waals surface area contributed by atoms with E-state index < -0.39 is 5.97 Å². The maximum Gasteiger partial charge on any atom is 0.354 e. The Morgan fingerprint density at radius 1 is 1.24 bits per heavy atom. The molecule has 1 N–H and O–H groups in total. The minimum Gasteiger partial charge on any atom is -0.476 e. The van der Waals surface area contributed by atoms with Gasteiger partial charge in [0.1, 0.15) is 12.2 Å². The van der Waals surface area contributed by atoms with E-state index in [0.717, 1.165) is 28.3 Å². The molecule has 0 spiro atoms. The van der Waals surface area contributed by atoms with Crippen molar-refractivity contribution in [2.24, 2.45) is 0 Å². The van der Waals surface area contributed by atoms with Crippen LogP contribution < -0.4 is 0 Å². The molecule has 0 unspecified atom stereocenters. The largest absolute Gasteiger partial charge is 0.476 e. The second-order valence-electron chi connectivity index (χ2n) is 6.65. The first-order valence-electron chi connectivity index (χ1n) is 8.22. The van der Waals surface area contributed by atoms with Crippen LogP contribution in [-0.4, -0.2) is 30.6 Å². The van der Waals surface area contributed by atoms with Crippen LogP contribution in [-0.2, 0) is 6.42 Å². The van der Waals surface area contributed by atoms with E-state index in [-0.39, 0.29) is 11.6 Å². The zero-order chi connectivity index (χ0) is 17.7. The first-order valence-corrected chi connectivity index (χ1v) is 8.22. The summed E-state index contributed by atoms with van der Waals surface area (Å²) in [6.45, 7) is 6.25. The maximum atomic E-state index is 11.7. The van der Waals surface area contributed by atoms with Gasteiger partial charge in [0.25, 0.3) is 0 Å². The zero-order valence-electron chi connectivity index (χ0n) is 14.3. The smallest absolute Gasteiger partial charge is 0.354 e. The summed E-state index contributed by atoms with van der Waals surface area (Å²) in [5.41, 5.74) is 5.34. The number of carboxylic acid groups (broad SMARTS) is 1. The summed E-state index contributed by atoms with van der Waals surface area (Å²) in [4.78, 5) is 24.7. The highest BCUT2D eigenvalue weighted by molar-refractivity contribution is 5.90. The van der Waals surface area contributed by atoms with Gasteiger partial charge in [-0.25, -0.2) is 19.7 Å². The van der Waals surface area contributed by atoms with Crippen LogP contribution in [0.2, 0.25) is 0 Å². The highest BCUT2D eigenvalue weighted by Crippen LogP contribution is 2.37. The Bertz CT molecular complexity index is 1000. The fourth-order valence-electron chi connectivity index (χ4n) is 3.42. The van der Waals surface area contributed by atoms with E-state index >= 15 is 0 Å². The zero-order valence-corrected chi connectivity index (χ0v) is 14.3. The number of hydrogen-bond acceptors (Lipinski definition) is 4. The first kappa shape index (κ1) is 15.5. The minimum absolute atomic E-state index is 0.0530. The van der Waals surface area contributed by atoms with Crippen molar-refractivity contribution in [3.63, 3.8) is 0 Å². The second-order valence-corrected chi connectivity index (χ2v) is 6.65. The third-order valence-electron chi connectivity index (χ3n) is 4.53. The number of aromatic nitrogens is 4. The lowest BCUT2D eigenvalue weighted by Gasteiger charge is -2.15. The van der Waals surface area contributed by atoms with Crippen LogP contribution in [0.4, 0.5) is 0 Å². The summed E-state index contributed by atoms with van der Waals surface area (Å²) in [5.74, 6) is 0.164. The Balaban J connectivity index is 2.12. The van der Waals surface area contributed by atoms with Gasteiger partial charge in [0.05, 0.1) is 11.4 Å². The Hall–Kier alpha value is -3.02. The lowest BCUT2D eigenvalue weighted by molar-refractivity contribution is 0.0689. The number of nitrogens with zero attached hydrogens (tertiary/aromatic N) is 4. The molecule has 1 aliphatic rings. The molecule has 3 heterocycles. The summed E-state index contributed by atoms with van der Waals surface area (Å²) in [6.07, 6.45) is 3.59. The van der Waals surface area contributed by atoms with Crippen molar-refractivity contribution in [1.82, 2.24) is 19.5 Å². The molecule has 0 bridgehead atoms. The van der Waals surface area contributed by atoms with Gasteiger partial charge in [-0.15, -0.1) is 0 Å². The molecule has 1 aliphatic heterocycles. The van der Waals surface area contributed by atoms with Gasteiger partial charge in [0.2, 0.25) is 0 Å². The van der Waals surface area contributed by atoms with Crippen molar-refractivity contribution in [2.75, 3.05) is 0 Å². The van der Waals surface area contributed by atoms with E-state index in [4.69, 9.17) is 0 Å². The number of imidazole rings is 1. The topological polar surface area (TPSA) is 80.9 Å². The molecule has 126 valence electrons. The molecule has 0 radical (unpaired) electrons. The molecule has 0 aliphatic carbocycles. The van der Waals surface area contributed by atoms with Gasteiger partial charge in [0.15, 0.2) is 5.69 Å². The van der Waals surface area contributed by atoms with Crippen molar-refractivity contribution < 1.29 is 9.90 Å². The van der Waals surface area contributed by atoms with Crippen LogP contribution >= 0.6 is 0 Å².